The third-order valence-corrected chi connectivity index (χ3v) is 4.58. The normalized spacial score (nSPS) is 13.4. The fourth-order valence-electron chi connectivity index (χ4n) is 3.06. The van der Waals surface area contributed by atoms with Gasteiger partial charge in [-0.05, 0) is 36.4 Å². The van der Waals surface area contributed by atoms with Crippen LogP contribution in [0.3, 0.4) is 0 Å². The second-order valence-electron chi connectivity index (χ2n) is 6.48. The van der Waals surface area contributed by atoms with Crippen LogP contribution in [0.4, 0.5) is 21.9 Å². The van der Waals surface area contributed by atoms with E-state index in [2.05, 4.69) is 10.6 Å². The lowest BCUT2D eigenvalue weighted by Crippen LogP contribution is -2.37. The van der Waals surface area contributed by atoms with Gasteiger partial charge in [0.15, 0.2) is 0 Å². The molecule has 9 heteroatoms. The summed E-state index contributed by atoms with van der Waals surface area (Å²) in [5, 5.41) is 5.93. The summed E-state index contributed by atoms with van der Waals surface area (Å²) >= 11 is 6.00. The fourth-order valence-corrected chi connectivity index (χ4v) is 3.25. The van der Waals surface area contributed by atoms with Crippen LogP contribution in [0.1, 0.15) is 6.92 Å². The summed E-state index contributed by atoms with van der Waals surface area (Å²) in [5.41, 5.74) is 1.62. The van der Waals surface area contributed by atoms with Crippen LogP contribution in [-0.2, 0) is 9.59 Å². The van der Waals surface area contributed by atoms with Crippen molar-refractivity contribution < 1.29 is 19.1 Å². The highest BCUT2D eigenvalue weighted by atomic mass is 35.5. The minimum Gasteiger partial charge on any atom is -0.495 e. The van der Waals surface area contributed by atoms with Gasteiger partial charge in [0, 0.05) is 36.4 Å². The maximum atomic E-state index is 12.7. The molecule has 0 atom stereocenters. The first kappa shape index (κ1) is 20.5. The predicted molar refractivity (Wildman–Crippen MR) is 112 cm³/mol. The Morgan fingerprint density at radius 2 is 1.93 bits per heavy atom. The van der Waals surface area contributed by atoms with Crippen molar-refractivity contribution in [3.8, 4) is 5.75 Å². The first-order chi connectivity index (χ1) is 13.9. The lowest BCUT2D eigenvalue weighted by Gasteiger charge is -2.19. The lowest BCUT2D eigenvalue weighted by atomic mass is 10.2. The van der Waals surface area contributed by atoms with Gasteiger partial charge in [0.1, 0.15) is 12.3 Å². The molecule has 0 aromatic heterocycles. The molecule has 0 radical (unpaired) electrons. The Balaban J connectivity index is 1.67. The van der Waals surface area contributed by atoms with Crippen molar-refractivity contribution in [1.82, 2.24) is 4.90 Å². The van der Waals surface area contributed by atoms with Gasteiger partial charge in [0.2, 0.25) is 11.8 Å². The molecule has 2 N–H and O–H groups in total. The molecule has 1 fully saturated rings. The number of anilines is 3. The van der Waals surface area contributed by atoms with E-state index < -0.39 is 0 Å². The summed E-state index contributed by atoms with van der Waals surface area (Å²) in [6.45, 7) is 2.17. The molecule has 1 aliphatic heterocycles. The number of hydrogen-bond acceptors (Lipinski definition) is 4. The molecule has 1 heterocycles. The summed E-state index contributed by atoms with van der Waals surface area (Å²) < 4.78 is 5.25. The molecule has 0 unspecified atom stereocenters. The van der Waals surface area contributed by atoms with Crippen LogP contribution < -0.4 is 20.3 Å². The molecule has 1 saturated heterocycles. The van der Waals surface area contributed by atoms with Gasteiger partial charge in [0.25, 0.3) is 0 Å². The van der Waals surface area contributed by atoms with Crippen molar-refractivity contribution in [3.05, 3.63) is 47.5 Å². The topological polar surface area (TPSA) is 91.0 Å². The monoisotopic (exact) mass is 416 g/mol. The number of carbonyl (C=O) groups excluding carboxylic acids is 3. The van der Waals surface area contributed by atoms with Crippen molar-refractivity contribution in [2.45, 2.75) is 6.92 Å². The SMILES string of the molecule is COc1ccc(NC(C)=O)cc1NC(=O)CN1CCN(c2cccc(Cl)c2)C1=O. The van der Waals surface area contributed by atoms with Gasteiger partial charge in [-0.15, -0.1) is 0 Å². The molecular formula is C20H21ClN4O4. The van der Waals surface area contributed by atoms with Crippen LogP contribution in [0, 0.1) is 0 Å². The largest absolute Gasteiger partial charge is 0.495 e. The van der Waals surface area contributed by atoms with Gasteiger partial charge < -0.3 is 20.3 Å². The third kappa shape index (κ3) is 4.97. The zero-order valence-electron chi connectivity index (χ0n) is 16.1. The molecule has 0 aliphatic carbocycles. The first-order valence-electron chi connectivity index (χ1n) is 8.95. The number of nitrogens with zero attached hydrogens (tertiary/aromatic N) is 2. The average molecular weight is 417 g/mol. The molecule has 3 rings (SSSR count). The van der Waals surface area contributed by atoms with Crippen LogP contribution in [0.15, 0.2) is 42.5 Å². The Kier molecular flexibility index (Phi) is 6.23. The van der Waals surface area contributed by atoms with E-state index in [-0.39, 0.29) is 24.4 Å². The summed E-state index contributed by atoms with van der Waals surface area (Å²) in [6.07, 6.45) is 0. The molecule has 0 saturated carbocycles. The number of amides is 4. The van der Waals surface area contributed by atoms with Crippen molar-refractivity contribution in [1.29, 1.82) is 0 Å². The number of hydrogen-bond donors (Lipinski definition) is 2. The van der Waals surface area contributed by atoms with Crippen LogP contribution in [0.2, 0.25) is 5.02 Å². The molecule has 29 heavy (non-hydrogen) atoms. The smallest absolute Gasteiger partial charge is 0.325 e. The molecule has 2 aromatic rings. The van der Waals surface area contributed by atoms with E-state index in [1.165, 1.54) is 18.9 Å². The fraction of sp³-hybridized carbons (Fsp3) is 0.250. The zero-order chi connectivity index (χ0) is 21.0. The van der Waals surface area contributed by atoms with E-state index in [1.54, 1.807) is 47.4 Å². The summed E-state index contributed by atoms with van der Waals surface area (Å²) in [7, 11) is 1.48. The summed E-state index contributed by atoms with van der Waals surface area (Å²) in [6, 6.07) is 11.7. The third-order valence-electron chi connectivity index (χ3n) is 4.34. The van der Waals surface area contributed by atoms with Crippen molar-refractivity contribution in [3.63, 3.8) is 0 Å². The highest BCUT2D eigenvalue weighted by Gasteiger charge is 2.31. The van der Waals surface area contributed by atoms with E-state index in [0.717, 1.165) is 0 Å². The van der Waals surface area contributed by atoms with Crippen LogP contribution in [0.25, 0.3) is 0 Å². The van der Waals surface area contributed by atoms with E-state index in [9.17, 15) is 14.4 Å². The van der Waals surface area contributed by atoms with Crippen LogP contribution in [0.5, 0.6) is 5.75 Å². The maximum absolute atomic E-state index is 12.7. The van der Waals surface area contributed by atoms with Crippen LogP contribution >= 0.6 is 11.6 Å². The Bertz CT molecular complexity index is 950. The maximum Gasteiger partial charge on any atom is 0.325 e. The van der Waals surface area contributed by atoms with Gasteiger partial charge in [-0.25, -0.2) is 4.79 Å². The second-order valence-corrected chi connectivity index (χ2v) is 6.92. The number of carbonyl (C=O) groups is 3. The molecule has 4 amide bonds. The molecule has 0 spiro atoms. The Morgan fingerprint density at radius 3 is 2.62 bits per heavy atom. The van der Waals surface area contributed by atoms with E-state index in [1.807, 2.05) is 0 Å². The number of rotatable bonds is 6. The van der Waals surface area contributed by atoms with Gasteiger partial charge in [-0.2, -0.15) is 0 Å². The van der Waals surface area contributed by atoms with E-state index in [4.69, 9.17) is 16.3 Å². The van der Waals surface area contributed by atoms with E-state index >= 15 is 0 Å². The first-order valence-corrected chi connectivity index (χ1v) is 9.32. The highest BCUT2D eigenvalue weighted by Crippen LogP contribution is 2.28. The number of halogens is 1. The number of ether oxygens (including phenoxy) is 1. The number of urea groups is 1. The Morgan fingerprint density at radius 1 is 1.14 bits per heavy atom. The molecule has 2 aromatic carbocycles. The number of benzene rings is 2. The zero-order valence-corrected chi connectivity index (χ0v) is 16.8. The van der Waals surface area contributed by atoms with Crippen molar-refractivity contribution in [2.24, 2.45) is 0 Å². The van der Waals surface area contributed by atoms with Gasteiger partial charge in [0.05, 0.1) is 12.8 Å². The standard InChI is InChI=1S/C20H21ClN4O4/c1-13(26)22-15-6-7-18(29-2)17(11-15)23-19(27)12-24-8-9-25(20(24)28)16-5-3-4-14(21)10-16/h3-7,10-11H,8-9,12H2,1-2H3,(H,22,26)(H,23,27). The Hall–Kier alpha value is -3.26. The minimum absolute atomic E-state index is 0.108. The van der Waals surface area contributed by atoms with E-state index in [0.29, 0.717) is 40.9 Å². The Labute approximate surface area is 173 Å². The van der Waals surface area contributed by atoms with Crippen molar-refractivity contribution in [2.75, 3.05) is 42.3 Å². The van der Waals surface area contributed by atoms with Gasteiger partial charge in [-0.3, -0.25) is 14.5 Å². The second kappa shape index (κ2) is 8.83. The van der Waals surface area contributed by atoms with Crippen molar-refractivity contribution >= 4 is 46.5 Å². The quantitative estimate of drug-likeness (QED) is 0.756. The average Bonchev–Trinajstić information content (AvgIpc) is 3.02. The summed E-state index contributed by atoms with van der Waals surface area (Å²) in [4.78, 5) is 39.5. The predicted octanol–water partition coefficient (Wildman–Crippen LogP) is 3.19. The molecule has 0 bridgehead atoms. The van der Waals surface area contributed by atoms with Gasteiger partial charge in [-0.1, -0.05) is 17.7 Å². The van der Waals surface area contributed by atoms with Gasteiger partial charge >= 0.3 is 6.03 Å². The lowest BCUT2D eigenvalue weighted by molar-refractivity contribution is -0.116. The molecule has 152 valence electrons. The number of methoxy groups -OCH3 is 1. The minimum atomic E-state index is -0.371. The molecule has 8 nitrogen and oxygen atoms in total. The highest BCUT2D eigenvalue weighted by molar-refractivity contribution is 6.30. The molecular weight excluding hydrogens is 396 g/mol. The molecule has 1 aliphatic rings. The number of nitrogens with one attached hydrogen (secondary N) is 2. The summed E-state index contributed by atoms with van der Waals surface area (Å²) in [5.74, 6) is -0.151. The van der Waals surface area contributed by atoms with Crippen LogP contribution in [-0.4, -0.2) is 49.5 Å².